The molecule has 5 heteroatoms. The normalized spacial score (nSPS) is 14.7. The van der Waals surface area contributed by atoms with E-state index in [1.165, 1.54) is 19.3 Å². The molecule has 1 aromatic rings. The summed E-state index contributed by atoms with van der Waals surface area (Å²) >= 11 is 0. The molecule has 1 aromatic heterocycles. The van der Waals surface area contributed by atoms with Gasteiger partial charge >= 0.3 is 0 Å². The molecule has 1 heterocycles. The summed E-state index contributed by atoms with van der Waals surface area (Å²) in [6, 6.07) is 0. The van der Waals surface area contributed by atoms with Crippen molar-refractivity contribution in [2.24, 2.45) is 12.5 Å². The highest BCUT2D eigenvalue weighted by molar-refractivity contribution is 4.91. The van der Waals surface area contributed by atoms with Gasteiger partial charge in [0.05, 0.1) is 7.05 Å². The number of rotatable bonds is 9. The van der Waals surface area contributed by atoms with Crippen LogP contribution in [0.25, 0.3) is 0 Å². The van der Waals surface area contributed by atoms with E-state index < -0.39 is 0 Å². The molecule has 18 heavy (non-hydrogen) atoms. The fraction of sp³-hybridized carbons (Fsp3) is 0.923. The highest BCUT2D eigenvalue weighted by Gasteiger charge is 2.29. The van der Waals surface area contributed by atoms with Crippen LogP contribution >= 0.6 is 0 Å². The van der Waals surface area contributed by atoms with Crippen LogP contribution < -0.4 is 5.32 Å². The zero-order chi connectivity index (χ0) is 13.4. The quantitative estimate of drug-likeness (QED) is 0.731. The summed E-state index contributed by atoms with van der Waals surface area (Å²) in [4.78, 5) is 1.54. The van der Waals surface area contributed by atoms with E-state index in [4.69, 9.17) is 0 Å². The molecule has 0 fully saturated rings. The number of aromatic nitrogens is 4. The maximum atomic E-state index is 4.33. The predicted octanol–water partition coefficient (Wildman–Crippen LogP) is 1.95. The van der Waals surface area contributed by atoms with Crippen LogP contribution in [0.5, 0.6) is 0 Å². The Hall–Kier alpha value is -0.970. The zero-order valence-corrected chi connectivity index (χ0v) is 12.2. The van der Waals surface area contributed by atoms with E-state index in [0.717, 1.165) is 31.8 Å². The minimum absolute atomic E-state index is 0.273. The Morgan fingerprint density at radius 2 is 2.06 bits per heavy atom. The third kappa shape index (κ3) is 4.37. The van der Waals surface area contributed by atoms with E-state index in [2.05, 4.69) is 41.5 Å². The second kappa shape index (κ2) is 7.46. The van der Waals surface area contributed by atoms with Gasteiger partial charge in [0.2, 0.25) is 0 Å². The summed E-state index contributed by atoms with van der Waals surface area (Å²) in [5.41, 5.74) is 0.273. The topological polar surface area (TPSA) is 55.6 Å². The molecule has 1 rings (SSSR count). The van der Waals surface area contributed by atoms with Crippen LogP contribution in [0.2, 0.25) is 0 Å². The summed E-state index contributed by atoms with van der Waals surface area (Å²) in [7, 11) is 1.82. The molecule has 0 saturated heterocycles. The van der Waals surface area contributed by atoms with Crippen molar-refractivity contribution in [3.05, 3.63) is 5.82 Å². The molecular formula is C13H27N5. The summed E-state index contributed by atoms with van der Waals surface area (Å²) in [6.07, 6.45) is 5.80. The molecule has 0 aliphatic rings. The molecule has 0 amide bonds. The number of unbranched alkanes of at least 4 members (excludes halogenated alkanes) is 1. The lowest BCUT2D eigenvalue weighted by molar-refractivity contribution is 0.226. The SMILES string of the molecule is CCCCC(CC)(CNCC)Cc1nnn(C)n1. The van der Waals surface area contributed by atoms with Crippen LogP contribution in [-0.2, 0) is 13.5 Å². The first-order valence-electron chi connectivity index (χ1n) is 7.09. The van der Waals surface area contributed by atoms with Gasteiger partial charge in [-0.25, -0.2) is 0 Å². The van der Waals surface area contributed by atoms with Gasteiger partial charge < -0.3 is 5.32 Å². The van der Waals surface area contributed by atoms with E-state index >= 15 is 0 Å². The maximum Gasteiger partial charge on any atom is 0.175 e. The van der Waals surface area contributed by atoms with Gasteiger partial charge in [0.15, 0.2) is 5.82 Å². The van der Waals surface area contributed by atoms with E-state index in [1.54, 1.807) is 4.80 Å². The summed E-state index contributed by atoms with van der Waals surface area (Å²) in [5.74, 6) is 0.869. The zero-order valence-electron chi connectivity index (χ0n) is 12.2. The second-order valence-corrected chi connectivity index (χ2v) is 5.11. The van der Waals surface area contributed by atoms with Crippen LogP contribution in [-0.4, -0.2) is 33.3 Å². The minimum atomic E-state index is 0.273. The van der Waals surface area contributed by atoms with Crippen molar-refractivity contribution in [2.75, 3.05) is 13.1 Å². The molecule has 5 nitrogen and oxygen atoms in total. The van der Waals surface area contributed by atoms with Gasteiger partial charge in [-0.15, -0.1) is 10.2 Å². The maximum absolute atomic E-state index is 4.33. The highest BCUT2D eigenvalue weighted by atomic mass is 15.6. The lowest BCUT2D eigenvalue weighted by atomic mass is 9.77. The molecule has 1 unspecified atom stereocenters. The number of hydrogen-bond donors (Lipinski definition) is 1. The molecule has 104 valence electrons. The Morgan fingerprint density at radius 3 is 2.56 bits per heavy atom. The van der Waals surface area contributed by atoms with Gasteiger partial charge in [-0.1, -0.05) is 33.6 Å². The summed E-state index contributed by atoms with van der Waals surface area (Å²) in [6.45, 7) is 8.72. The molecule has 0 aliphatic carbocycles. The molecular weight excluding hydrogens is 226 g/mol. The number of nitrogens with zero attached hydrogens (tertiary/aromatic N) is 4. The number of hydrogen-bond acceptors (Lipinski definition) is 4. The number of aryl methyl sites for hydroxylation is 1. The molecule has 0 bridgehead atoms. The van der Waals surface area contributed by atoms with Crippen LogP contribution in [0.3, 0.4) is 0 Å². The van der Waals surface area contributed by atoms with E-state index in [9.17, 15) is 0 Å². The minimum Gasteiger partial charge on any atom is -0.316 e. The fourth-order valence-electron chi connectivity index (χ4n) is 2.34. The van der Waals surface area contributed by atoms with Crippen molar-refractivity contribution in [1.82, 2.24) is 25.5 Å². The Morgan fingerprint density at radius 1 is 1.28 bits per heavy atom. The molecule has 0 saturated carbocycles. The Kier molecular flexibility index (Phi) is 6.25. The lowest BCUT2D eigenvalue weighted by Crippen LogP contribution is -2.36. The molecule has 1 atom stereocenters. The monoisotopic (exact) mass is 253 g/mol. The molecule has 1 N–H and O–H groups in total. The molecule has 0 aliphatic heterocycles. The standard InChI is InChI=1S/C13H27N5/c1-5-8-9-13(6-2,11-14-7-3)10-12-15-17-18(4)16-12/h14H,5-11H2,1-4H3. The summed E-state index contributed by atoms with van der Waals surface area (Å²) < 4.78 is 0. The summed E-state index contributed by atoms with van der Waals surface area (Å²) in [5, 5.41) is 15.9. The molecule has 0 radical (unpaired) electrons. The smallest absolute Gasteiger partial charge is 0.175 e. The number of nitrogens with one attached hydrogen (secondary N) is 1. The van der Waals surface area contributed by atoms with Crippen molar-refractivity contribution < 1.29 is 0 Å². The van der Waals surface area contributed by atoms with E-state index in [0.29, 0.717) is 0 Å². The second-order valence-electron chi connectivity index (χ2n) is 5.11. The average molecular weight is 253 g/mol. The Balaban J connectivity index is 2.73. The van der Waals surface area contributed by atoms with Crippen molar-refractivity contribution >= 4 is 0 Å². The Labute approximate surface area is 110 Å². The predicted molar refractivity (Wildman–Crippen MR) is 73.3 cm³/mol. The van der Waals surface area contributed by atoms with Crippen molar-refractivity contribution in [2.45, 2.75) is 52.9 Å². The van der Waals surface area contributed by atoms with Crippen LogP contribution in [0.15, 0.2) is 0 Å². The molecule has 0 spiro atoms. The van der Waals surface area contributed by atoms with Gasteiger partial charge in [-0.05, 0) is 30.0 Å². The van der Waals surface area contributed by atoms with Crippen LogP contribution in [0.1, 0.15) is 52.3 Å². The first kappa shape index (κ1) is 15.1. The van der Waals surface area contributed by atoms with E-state index in [1.807, 2.05) is 7.05 Å². The highest BCUT2D eigenvalue weighted by Crippen LogP contribution is 2.31. The van der Waals surface area contributed by atoms with Crippen molar-refractivity contribution in [3.8, 4) is 0 Å². The van der Waals surface area contributed by atoms with Gasteiger partial charge in [-0.2, -0.15) is 4.80 Å². The third-order valence-corrected chi connectivity index (χ3v) is 3.64. The average Bonchev–Trinajstić information content (AvgIpc) is 2.78. The number of tetrazole rings is 1. The first-order chi connectivity index (χ1) is 8.65. The fourth-order valence-corrected chi connectivity index (χ4v) is 2.34. The van der Waals surface area contributed by atoms with Gasteiger partial charge in [0.1, 0.15) is 0 Å². The van der Waals surface area contributed by atoms with Gasteiger partial charge in [0, 0.05) is 13.0 Å². The molecule has 0 aromatic carbocycles. The van der Waals surface area contributed by atoms with E-state index in [-0.39, 0.29) is 5.41 Å². The first-order valence-corrected chi connectivity index (χ1v) is 7.09. The lowest BCUT2D eigenvalue weighted by Gasteiger charge is -2.32. The van der Waals surface area contributed by atoms with Crippen LogP contribution in [0, 0.1) is 5.41 Å². The van der Waals surface area contributed by atoms with Gasteiger partial charge in [-0.3, -0.25) is 0 Å². The van der Waals surface area contributed by atoms with Crippen molar-refractivity contribution in [3.63, 3.8) is 0 Å². The van der Waals surface area contributed by atoms with Gasteiger partial charge in [0.25, 0.3) is 0 Å². The van der Waals surface area contributed by atoms with Crippen LogP contribution in [0.4, 0.5) is 0 Å². The third-order valence-electron chi connectivity index (χ3n) is 3.64. The largest absolute Gasteiger partial charge is 0.316 e. The Bertz CT molecular complexity index is 326. The van der Waals surface area contributed by atoms with Crippen molar-refractivity contribution in [1.29, 1.82) is 0 Å².